The van der Waals surface area contributed by atoms with Gasteiger partial charge in [0.25, 0.3) is 0 Å². The van der Waals surface area contributed by atoms with Crippen molar-refractivity contribution in [3.63, 3.8) is 0 Å². The van der Waals surface area contributed by atoms with E-state index in [1.807, 2.05) is 12.1 Å². The van der Waals surface area contributed by atoms with Gasteiger partial charge in [-0.3, -0.25) is 4.79 Å². The average molecular weight is 298 g/mol. The standard InChI is InChI=1S/C17H18N2O3/c1-12(15-5-3-4-6-16(15)20)18-19-17(21)11-13-7-9-14(22-2)10-8-13/h3-10,20H,11H2,1-2H3,(H,19,21)/b18-12-. The van der Waals surface area contributed by atoms with Gasteiger partial charge in [0.2, 0.25) is 5.91 Å². The first-order valence-corrected chi connectivity index (χ1v) is 6.84. The number of nitrogens with one attached hydrogen (secondary N) is 1. The van der Waals surface area contributed by atoms with E-state index in [0.29, 0.717) is 11.3 Å². The minimum atomic E-state index is -0.222. The first-order chi connectivity index (χ1) is 10.6. The van der Waals surface area contributed by atoms with Crippen LogP contribution in [0.25, 0.3) is 0 Å². The fourth-order valence-corrected chi connectivity index (χ4v) is 1.95. The summed E-state index contributed by atoms with van der Waals surface area (Å²) in [5, 5.41) is 13.7. The van der Waals surface area contributed by atoms with E-state index in [9.17, 15) is 9.90 Å². The number of carbonyl (C=O) groups excluding carboxylic acids is 1. The van der Waals surface area contributed by atoms with Gasteiger partial charge in [-0.05, 0) is 36.8 Å². The third-order valence-corrected chi connectivity index (χ3v) is 3.17. The maximum absolute atomic E-state index is 11.9. The number of hydrogen-bond acceptors (Lipinski definition) is 4. The molecule has 1 amide bonds. The summed E-state index contributed by atoms with van der Waals surface area (Å²) in [5.41, 5.74) is 4.49. The molecule has 0 aromatic heterocycles. The summed E-state index contributed by atoms with van der Waals surface area (Å²) in [6, 6.07) is 14.1. The zero-order valence-corrected chi connectivity index (χ0v) is 12.5. The van der Waals surface area contributed by atoms with Crippen LogP contribution in [0, 0.1) is 0 Å². The van der Waals surface area contributed by atoms with Crippen LogP contribution in [0.15, 0.2) is 53.6 Å². The first kappa shape index (κ1) is 15.6. The largest absolute Gasteiger partial charge is 0.507 e. The van der Waals surface area contributed by atoms with Crippen molar-refractivity contribution in [1.29, 1.82) is 0 Å². The number of hydrazone groups is 1. The highest BCUT2D eigenvalue weighted by Crippen LogP contribution is 2.16. The summed E-state index contributed by atoms with van der Waals surface area (Å²) in [7, 11) is 1.60. The third kappa shape index (κ3) is 4.09. The lowest BCUT2D eigenvalue weighted by atomic mass is 10.1. The third-order valence-electron chi connectivity index (χ3n) is 3.17. The Hall–Kier alpha value is -2.82. The number of phenols is 1. The molecule has 0 aliphatic rings. The van der Waals surface area contributed by atoms with E-state index in [4.69, 9.17) is 4.74 Å². The van der Waals surface area contributed by atoms with Crippen LogP contribution < -0.4 is 10.2 Å². The van der Waals surface area contributed by atoms with E-state index in [2.05, 4.69) is 10.5 Å². The molecule has 0 aliphatic heterocycles. The zero-order valence-electron chi connectivity index (χ0n) is 12.5. The van der Waals surface area contributed by atoms with E-state index in [0.717, 1.165) is 11.3 Å². The van der Waals surface area contributed by atoms with E-state index < -0.39 is 0 Å². The maximum atomic E-state index is 11.9. The molecule has 0 aliphatic carbocycles. The van der Waals surface area contributed by atoms with Gasteiger partial charge in [0, 0.05) is 5.56 Å². The molecular formula is C17H18N2O3. The number of ether oxygens (including phenoxy) is 1. The number of carbonyl (C=O) groups is 1. The molecule has 0 saturated heterocycles. The number of amides is 1. The molecule has 0 bridgehead atoms. The molecule has 0 heterocycles. The van der Waals surface area contributed by atoms with Crippen LogP contribution in [-0.4, -0.2) is 23.8 Å². The number of aromatic hydroxyl groups is 1. The van der Waals surface area contributed by atoms with Crippen molar-refractivity contribution < 1.29 is 14.6 Å². The Morgan fingerprint density at radius 2 is 1.86 bits per heavy atom. The normalized spacial score (nSPS) is 11.1. The maximum Gasteiger partial charge on any atom is 0.244 e. The number of para-hydroxylation sites is 1. The van der Waals surface area contributed by atoms with Gasteiger partial charge >= 0.3 is 0 Å². The van der Waals surface area contributed by atoms with Gasteiger partial charge in [-0.15, -0.1) is 0 Å². The van der Waals surface area contributed by atoms with Crippen molar-refractivity contribution in [1.82, 2.24) is 5.43 Å². The smallest absolute Gasteiger partial charge is 0.244 e. The predicted octanol–water partition coefficient (Wildman–Crippen LogP) is 2.48. The Kier molecular flexibility index (Phi) is 5.14. The molecular weight excluding hydrogens is 280 g/mol. The Labute approximate surface area is 129 Å². The number of hydrogen-bond donors (Lipinski definition) is 2. The minimum Gasteiger partial charge on any atom is -0.507 e. The van der Waals surface area contributed by atoms with Gasteiger partial charge < -0.3 is 9.84 Å². The summed E-state index contributed by atoms with van der Waals surface area (Å²) < 4.78 is 5.07. The van der Waals surface area contributed by atoms with E-state index >= 15 is 0 Å². The molecule has 0 unspecified atom stereocenters. The van der Waals surface area contributed by atoms with Crippen molar-refractivity contribution in [2.24, 2.45) is 5.10 Å². The fourth-order valence-electron chi connectivity index (χ4n) is 1.95. The van der Waals surface area contributed by atoms with Gasteiger partial charge in [0.1, 0.15) is 11.5 Å². The van der Waals surface area contributed by atoms with Crippen molar-refractivity contribution in [3.8, 4) is 11.5 Å². The topological polar surface area (TPSA) is 70.9 Å². The van der Waals surface area contributed by atoms with Crippen LogP contribution in [-0.2, 0) is 11.2 Å². The molecule has 0 radical (unpaired) electrons. The van der Waals surface area contributed by atoms with E-state index in [1.165, 1.54) is 0 Å². The fraction of sp³-hybridized carbons (Fsp3) is 0.176. The lowest BCUT2D eigenvalue weighted by Gasteiger charge is -2.05. The monoisotopic (exact) mass is 298 g/mol. The van der Waals surface area contributed by atoms with E-state index in [-0.39, 0.29) is 18.1 Å². The van der Waals surface area contributed by atoms with Crippen molar-refractivity contribution in [2.75, 3.05) is 7.11 Å². The Balaban J connectivity index is 1.97. The molecule has 22 heavy (non-hydrogen) atoms. The average Bonchev–Trinajstić information content (AvgIpc) is 2.54. The first-order valence-electron chi connectivity index (χ1n) is 6.84. The van der Waals surface area contributed by atoms with Gasteiger partial charge in [-0.1, -0.05) is 24.3 Å². The Bertz CT molecular complexity index is 679. The number of methoxy groups -OCH3 is 1. The van der Waals surface area contributed by atoms with Gasteiger partial charge in [-0.2, -0.15) is 5.10 Å². The van der Waals surface area contributed by atoms with Crippen molar-refractivity contribution in [2.45, 2.75) is 13.3 Å². The summed E-state index contributed by atoms with van der Waals surface area (Å²) in [4.78, 5) is 11.9. The Morgan fingerprint density at radius 1 is 1.18 bits per heavy atom. The second kappa shape index (κ2) is 7.26. The van der Waals surface area contributed by atoms with Crippen LogP contribution in [0.3, 0.4) is 0 Å². The van der Waals surface area contributed by atoms with Crippen LogP contribution in [0.2, 0.25) is 0 Å². The van der Waals surface area contributed by atoms with Crippen LogP contribution in [0.1, 0.15) is 18.1 Å². The molecule has 114 valence electrons. The van der Waals surface area contributed by atoms with Crippen molar-refractivity contribution in [3.05, 3.63) is 59.7 Å². The SMILES string of the molecule is COc1ccc(CC(=O)N/N=C(/C)c2ccccc2O)cc1. The summed E-state index contributed by atoms with van der Waals surface area (Å²) in [6.45, 7) is 1.72. The highest BCUT2D eigenvalue weighted by Gasteiger charge is 2.06. The van der Waals surface area contributed by atoms with Gasteiger partial charge in [0.15, 0.2) is 0 Å². The number of phenolic OH excluding ortho intramolecular Hbond substituents is 1. The van der Waals surface area contributed by atoms with Gasteiger partial charge in [0.05, 0.1) is 19.2 Å². The Morgan fingerprint density at radius 3 is 2.50 bits per heavy atom. The van der Waals surface area contributed by atoms with Crippen LogP contribution in [0.4, 0.5) is 0 Å². The van der Waals surface area contributed by atoms with Gasteiger partial charge in [-0.25, -0.2) is 5.43 Å². The molecule has 0 saturated carbocycles. The van der Waals surface area contributed by atoms with Crippen LogP contribution in [0.5, 0.6) is 11.5 Å². The highest BCUT2D eigenvalue weighted by atomic mass is 16.5. The molecule has 0 spiro atoms. The molecule has 0 atom stereocenters. The lowest BCUT2D eigenvalue weighted by Crippen LogP contribution is -2.21. The number of nitrogens with zero attached hydrogens (tertiary/aromatic N) is 1. The zero-order chi connectivity index (χ0) is 15.9. The predicted molar refractivity (Wildman–Crippen MR) is 85.2 cm³/mol. The second-order valence-electron chi connectivity index (χ2n) is 4.77. The molecule has 2 aromatic carbocycles. The summed E-state index contributed by atoms with van der Waals surface area (Å²) >= 11 is 0. The molecule has 5 heteroatoms. The second-order valence-corrected chi connectivity index (χ2v) is 4.77. The summed E-state index contributed by atoms with van der Waals surface area (Å²) in [5.74, 6) is 0.658. The molecule has 0 fully saturated rings. The molecule has 2 N–H and O–H groups in total. The molecule has 2 aromatic rings. The number of benzene rings is 2. The molecule has 2 rings (SSSR count). The lowest BCUT2D eigenvalue weighted by molar-refractivity contribution is -0.120. The molecule has 5 nitrogen and oxygen atoms in total. The van der Waals surface area contributed by atoms with Crippen LogP contribution >= 0.6 is 0 Å². The highest BCUT2D eigenvalue weighted by molar-refractivity contribution is 6.01. The quantitative estimate of drug-likeness (QED) is 0.658. The van der Waals surface area contributed by atoms with Crippen molar-refractivity contribution >= 4 is 11.6 Å². The summed E-state index contributed by atoms with van der Waals surface area (Å²) in [6.07, 6.45) is 0.224. The van der Waals surface area contributed by atoms with E-state index in [1.54, 1.807) is 50.4 Å². The minimum absolute atomic E-state index is 0.133. The number of rotatable bonds is 5.